The van der Waals surface area contributed by atoms with E-state index in [0.717, 1.165) is 28.6 Å². The van der Waals surface area contributed by atoms with E-state index in [1.807, 2.05) is 18.2 Å². The average molecular weight is 351 g/mol. The molecule has 5 nitrogen and oxygen atoms in total. The summed E-state index contributed by atoms with van der Waals surface area (Å²) < 4.78 is 6.50. The summed E-state index contributed by atoms with van der Waals surface area (Å²) in [6, 6.07) is 5.73. The van der Waals surface area contributed by atoms with Gasteiger partial charge >= 0.3 is 5.97 Å². The number of carbonyl (C=O) groups is 1. The molecule has 0 spiro atoms. The number of aliphatic carboxylic acids is 1. The summed E-state index contributed by atoms with van der Waals surface area (Å²) >= 11 is 1.37. The SMILES string of the molecule is CCC(CC)C(O)c1ccc2nc(OCC(C)(C)C(=O)O)sc2c1. The largest absolute Gasteiger partial charge is 0.481 e. The lowest BCUT2D eigenvalue weighted by Gasteiger charge is -2.20. The molecular formula is C18H25NO4S. The van der Waals surface area contributed by atoms with Crippen molar-refractivity contribution in [1.82, 2.24) is 4.98 Å². The lowest BCUT2D eigenvalue weighted by Crippen LogP contribution is -2.30. The van der Waals surface area contributed by atoms with Gasteiger partial charge in [-0.25, -0.2) is 4.98 Å². The second kappa shape index (κ2) is 7.49. The number of carboxylic acids is 1. The first-order valence-corrected chi connectivity index (χ1v) is 9.04. The molecule has 2 aromatic rings. The lowest BCUT2D eigenvalue weighted by atomic mass is 9.91. The van der Waals surface area contributed by atoms with Crippen LogP contribution in [0.25, 0.3) is 10.2 Å². The summed E-state index contributed by atoms with van der Waals surface area (Å²) in [7, 11) is 0. The number of aromatic nitrogens is 1. The fourth-order valence-corrected chi connectivity index (χ4v) is 3.34. The summed E-state index contributed by atoms with van der Waals surface area (Å²) in [4.78, 5) is 15.5. The molecule has 132 valence electrons. The van der Waals surface area contributed by atoms with Crippen molar-refractivity contribution in [1.29, 1.82) is 0 Å². The van der Waals surface area contributed by atoms with Crippen molar-refractivity contribution in [3.8, 4) is 5.19 Å². The van der Waals surface area contributed by atoms with Crippen LogP contribution >= 0.6 is 11.3 Å². The molecule has 0 radical (unpaired) electrons. The molecule has 0 aliphatic carbocycles. The standard InChI is InChI=1S/C18H25NO4S/c1-5-11(6-2)15(20)12-7-8-13-14(9-12)24-17(19-13)23-10-18(3,4)16(21)22/h7-9,11,15,20H,5-6,10H2,1-4H3,(H,21,22). The predicted octanol–water partition coefficient (Wildman–Crippen LogP) is 4.26. The number of carboxylic acid groups (broad SMARTS) is 1. The van der Waals surface area contributed by atoms with Crippen LogP contribution in [0.5, 0.6) is 5.19 Å². The van der Waals surface area contributed by atoms with E-state index in [9.17, 15) is 9.90 Å². The Hall–Kier alpha value is -1.66. The Kier molecular flexibility index (Phi) is 5.83. The minimum atomic E-state index is -0.964. The Balaban J connectivity index is 2.18. The van der Waals surface area contributed by atoms with E-state index in [0.29, 0.717) is 5.19 Å². The zero-order valence-electron chi connectivity index (χ0n) is 14.6. The van der Waals surface area contributed by atoms with Crippen LogP contribution in [0.2, 0.25) is 0 Å². The van der Waals surface area contributed by atoms with Crippen molar-refractivity contribution >= 4 is 27.5 Å². The highest BCUT2D eigenvalue weighted by atomic mass is 32.1. The Morgan fingerprint density at radius 3 is 2.58 bits per heavy atom. The van der Waals surface area contributed by atoms with E-state index < -0.39 is 17.5 Å². The van der Waals surface area contributed by atoms with Crippen LogP contribution in [0.1, 0.15) is 52.2 Å². The molecule has 0 fully saturated rings. The maximum atomic E-state index is 11.1. The van der Waals surface area contributed by atoms with Crippen molar-refractivity contribution < 1.29 is 19.7 Å². The monoisotopic (exact) mass is 351 g/mol. The van der Waals surface area contributed by atoms with Gasteiger partial charge in [0.05, 0.1) is 21.7 Å². The van der Waals surface area contributed by atoms with E-state index in [4.69, 9.17) is 9.84 Å². The van der Waals surface area contributed by atoms with Crippen LogP contribution < -0.4 is 4.74 Å². The molecule has 0 bridgehead atoms. The first-order valence-electron chi connectivity index (χ1n) is 8.23. The van der Waals surface area contributed by atoms with E-state index in [1.54, 1.807) is 13.8 Å². The number of thiazole rings is 1. The maximum Gasteiger partial charge on any atom is 0.312 e. The summed E-state index contributed by atoms with van der Waals surface area (Å²) in [5.41, 5.74) is 0.718. The van der Waals surface area contributed by atoms with E-state index in [2.05, 4.69) is 18.8 Å². The van der Waals surface area contributed by atoms with Crippen molar-refractivity contribution in [2.24, 2.45) is 11.3 Å². The number of hydrogen-bond acceptors (Lipinski definition) is 5. The molecule has 2 N–H and O–H groups in total. The molecule has 1 heterocycles. The van der Waals surface area contributed by atoms with Crippen LogP contribution in [0, 0.1) is 11.3 Å². The summed E-state index contributed by atoms with van der Waals surface area (Å²) in [6.45, 7) is 7.46. The van der Waals surface area contributed by atoms with Gasteiger partial charge in [-0.2, -0.15) is 0 Å². The van der Waals surface area contributed by atoms with E-state index in [1.165, 1.54) is 11.3 Å². The predicted molar refractivity (Wildman–Crippen MR) is 95.6 cm³/mol. The molecule has 0 aliphatic heterocycles. The Morgan fingerprint density at radius 2 is 2.00 bits per heavy atom. The number of nitrogens with zero attached hydrogens (tertiary/aromatic N) is 1. The van der Waals surface area contributed by atoms with Crippen LogP contribution in [0.15, 0.2) is 18.2 Å². The minimum absolute atomic E-state index is 0.0609. The lowest BCUT2D eigenvalue weighted by molar-refractivity contribution is -0.148. The zero-order chi connectivity index (χ0) is 17.9. The number of benzene rings is 1. The molecule has 0 saturated heterocycles. The fraction of sp³-hybridized carbons (Fsp3) is 0.556. The quantitative estimate of drug-likeness (QED) is 0.743. The Labute approximate surface area is 146 Å². The van der Waals surface area contributed by atoms with Gasteiger partial charge in [-0.15, -0.1) is 0 Å². The molecule has 0 amide bonds. The number of aliphatic hydroxyl groups is 1. The highest BCUT2D eigenvalue weighted by Gasteiger charge is 2.28. The summed E-state index contributed by atoms with van der Waals surface area (Å²) in [5.74, 6) is -0.665. The molecule has 0 saturated carbocycles. The number of ether oxygens (including phenoxy) is 1. The van der Waals surface area contributed by atoms with Gasteiger partial charge in [-0.1, -0.05) is 44.1 Å². The second-order valence-corrected chi connectivity index (χ2v) is 7.70. The van der Waals surface area contributed by atoms with Gasteiger partial charge in [-0.05, 0) is 37.5 Å². The van der Waals surface area contributed by atoms with Crippen LogP contribution in [0.3, 0.4) is 0 Å². The number of fused-ring (bicyclic) bond motifs is 1. The van der Waals surface area contributed by atoms with Crippen molar-refractivity contribution in [3.63, 3.8) is 0 Å². The van der Waals surface area contributed by atoms with Gasteiger partial charge in [0.1, 0.15) is 6.61 Å². The van der Waals surface area contributed by atoms with E-state index >= 15 is 0 Å². The smallest absolute Gasteiger partial charge is 0.312 e. The molecule has 1 unspecified atom stereocenters. The molecule has 1 atom stereocenters. The number of rotatable bonds is 8. The average Bonchev–Trinajstić information content (AvgIpc) is 2.96. The summed E-state index contributed by atoms with van der Waals surface area (Å²) in [5, 5.41) is 20.1. The third-order valence-electron chi connectivity index (χ3n) is 4.37. The zero-order valence-corrected chi connectivity index (χ0v) is 15.4. The van der Waals surface area contributed by atoms with Crippen molar-refractivity contribution in [2.75, 3.05) is 6.61 Å². The molecular weight excluding hydrogens is 326 g/mol. The van der Waals surface area contributed by atoms with Gasteiger partial charge in [0, 0.05) is 0 Å². The topological polar surface area (TPSA) is 79.7 Å². The first kappa shape index (κ1) is 18.7. The minimum Gasteiger partial charge on any atom is -0.481 e. The van der Waals surface area contributed by atoms with Gasteiger partial charge < -0.3 is 14.9 Å². The normalized spacial score (nSPS) is 13.4. The van der Waals surface area contributed by atoms with E-state index in [-0.39, 0.29) is 12.5 Å². The molecule has 6 heteroatoms. The van der Waals surface area contributed by atoms with Gasteiger partial charge in [0.15, 0.2) is 0 Å². The number of hydrogen-bond donors (Lipinski definition) is 2. The van der Waals surface area contributed by atoms with Gasteiger partial charge in [0.25, 0.3) is 5.19 Å². The third kappa shape index (κ3) is 4.05. The highest BCUT2D eigenvalue weighted by Crippen LogP contribution is 2.34. The van der Waals surface area contributed by atoms with Crippen LogP contribution in [0.4, 0.5) is 0 Å². The molecule has 2 rings (SSSR count). The van der Waals surface area contributed by atoms with Crippen molar-refractivity contribution in [2.45, 2.75) is 46.6 Å². The summed E-state index contributed by atoms with van der Waals surface area (Å²) in [6.07, 6.45) is 1.37. The third-order valence-corrected chi connectivity index (χ3v) is 5.30. The first-order chi connectivity index (χ1) is 11.3. The fourth-order valence-electron chi connectivity index (χ4n) is 2.48. The van der Waals surface area contributed by atoms with Crippen molar-refractivity contribution in [3.05, 3.63) is 23.8 Å². The van der Waals surface area contributed by atoms with Gasteiger partial charge in [0.2, 0.25) is 0 Å². The number of aliphatic hydroxyl groups excluding tert-OH is 1. The highest BCUT2D eigenvalue weighted by molar-refractivity contribution is 7.20. The Bertz CT molecular complexity index is 706. The Morgan fingerprint density at radius 1 is 1.33 bits per heavy atom. The molecule has 1 aromatic carbocycles. The van der Waals surface area contributed by atoms with Crippen LogP contribution in [-0.2, 0) is 4.79 Å². The van der Waals surface area contributed by atoms with Gasteiger partial charge in [-0.3, -0.25) is 4.79 Å². The molecule has 1 aromatic heterocycles. The molecule has 0 aliphatic rings. The molecule has 24 heavy (non-hydrogen) atoms. The maximum absolute atomic E-state index is 11.1. The second-order valence-electron chi connectivity index (χ2n) is 6.71. The van der Waals surface area contributed by atoms with Crippen LogP contribution in [-0.4, -0.2) is 27.8 Å².